The van der Waals surface area contributed by atoms with Gasteiger partial charge in [0, 0.05) is 12.6 Å². The van der Waals surface area contributed by atoms with Crippen LogP contribution >= 0.6 is 0 Å². The lowest BCUT2D eigenvalue weighted by Crippen LogP contribution is -2.68. The first kappa shape index (κ1) is 27.1. The van der Waals surface area contributed by atoms with Gasteiger partial charge in [-0.2, -0.15) is 0 Å². The van der Waals surface area contributed by atoms with E-state index in [4.69, 9.17) is 23.7 Å². The molecule has 1 saturated heterocycles. The minimum Gasteiger partial charge on any atom is -0.454 e. The number of ketones is 1. The number of likely N-dealkylation sites (tertiary alicyclic amines) is 1. The second-order valence-corrected chi connectivity index (χ2v) is 11.8. The minimum absolute atomic E-state index is 0.0664. The SMILES string of the molecule is COC(=O)N1c2cc3c(cc2[C@@]24C=C(CCOCc5ccccc5)C(=O)CC12N(C(=O)OC(C)(C)C)CC4)OCO3. The number of benzene rings is 2. The first-order valence-electron chi connectivity index (χ1n) is 13.8. The molecule has 10 heteroatoms. The molecule has 0 N–H and O–H groups in total. The Morgan fingerprint density at radius 3 is 2.49 bits per heavy atom. The second kappa shape index (κ2) is 9.80. The smallest absolute Gasteiger partial charge is 0.416 e. The molecular weight excluding hydrogens is 528 g/mol. The summed E-state index contributed by atoms with van der Waals surface area (Å²) < 4.78 is 28.3. The van der Waals surface area contributed by atoms with Gasteiger partial charge in [-0.05, 0) is 56.4 Å². The molecule has 2 amide bonds. The number of fused-ring (bicyclic) bond motifs is 2. The van der Waals surface area contributed by atoms with Gasteiger partial charge in [-0.3, -0.25) is 14.6 Å². The van der Waals surface area contributed by atoms with E-state index in [1.54, 1.807) is 26.8 Å². The number of nitrogens with zero attached hydrogens (tertiary/aromatic N) is 2. The van der Waals surface area contributed by atoms with Crippen molar-refractivity contribution in [3.8, 4) is 11.5 Å². The molecule has 0 aromatic heterocycles. The van der Waals surface area contributed by atoms with E-state index in [9.17, 15) is 14.4 Å². The monoisotopic (exact) mass is 562 g/mol. The molecule has 2 aromatic carbocycles. The Labute approximate surface area is 238 Å². The van der Waals surface area contributed by atoms with Gasteiger partial charge in [0.2, 0.25) is 6.79 Å². The van der Waals surface area contributed by atoms with E-state index < -0.39 is 28.9 Å². The van der Waals surface area contributed by atoms with Gasteiger partial charge in [0.15, 0.2) is 17.3 Å². The highest BCUT2D eigenvalue weighted by Gasteiger charge is 2.73. The maximum atomic E-state index is 13.9. The molecule has 216 valence electrons. The predicted octanol–water partition coefficient (Wildman–Crippen LogP) is 5.08. The van der Waals surface area contributed by atoms with Gasteiger partial charge in [0.25, 0.3) is 0 Å². The van der Waals surface area contributed by atoms with Crippen molar-refractivity contribution in [2.75, 3.05) is 32.0 Å². The van der Waals surface area contributed by atoms with Crippen LogP contribution in [-0.4, -0.2) is 61.2 Å². The maximum absolute atomic E-state index is 13.9. The molecule has 41 heavy (non-hydrogen) atoms. The third-order valence-corrected chi connectivity index (χ3v) is 8.26. The van der Waals surface area contributed by atoms with Crippen LogP contribution in [0.5, 0.6) is 11.5 Å². The van der Waals surface area contributed by atoms with Gasteiger partial charge < -0.3 is 23.7 Å². The minimum atomic E-state index is -1.40. The Morgan fingerprint density at radius 1 is 1.05 bits per heavy atom. The highest BCUT2D eigenvalue weighted by atomic mass is 16.7. The van der Waals surface area contributed by atoms with E-state index in [0.29, 0.717) is 48.8 Å². The van der Waals surface area contributed by atoms with Crippen LogP contribution in [0.15, 0.2) is 54.1 Å². The van der Waals surface area contributed by atoms with Crippen LogP contribution < -0.4 is 14.4 Å². The highest BCUT2D eigenvalue weighted by Crippen LogP contribution is 2.65. The molecule has 0 bridgehead atoms. The summed E-state index contributed by atoms with van der Waals surface area (Å²) in [6, 6.07) is 13.4. The largest absolute Gasteiger partial charge is 0.454 e. The molecule has 4 aliphatic rings. The zero-order valence-corrected chi connectivity index (χ0v) is 23.7. The number of carbonyl (C=O) groups is 3. The number of ether oxygens (including phenoxy) is 5. The molecule has 10 nitrogen and oxygen atoms in total. The summed E-state index contributed by atoms with van der Waals surface area (Å²) in [5.74, 6) is 0.865. The van der Waals surface area contributed by atoms with Gasteiger partial charge in [-0.1, -0.05) is 36.4 Å². The van der Waals surface area contributed by atoms with Crippen LogP contribution in [-0.2, 0) is 31.0 Å². The second-order valence-electron chi connectivity index (χ2n) is 11.8. The Hall–Kier alpha value is -4.05. The summed E-state index contributed by atoms with van der Waals surface area (Å²) in [7, 11) is 1.29. The Kier molecular flexibility index (Phi) is 6.48. The fraction of sp³-hybridized carbons (Fsp3) is 0.452. The first-order valence-corrected chi connectivity index (χ1v) is 13.8. The number of hydrogen-bond acceptors (Lipinski definition) is 8. The average molecular weight is 563 g/mol. The topological polar surface area (TPSA) is 104 Å². The van der Waals surface area contributed by atoms with E-state index in [2.05, 4.69) is 0 Å². The number of carbonyl (C=O) groups excluding carboxylic acids is 3. The summed E-state index contributed by atoms with van der Waals surface area (Å²) in [5, 5.41) is 0. The molecular formula is C31H34N2O8. The summed E-state index contributed by atoms with van der Waals surface area (Å²) >= 11 is 0. The fourth-order valence-corrected chi connectivity index (χ4v) is 6.63. The summed E-state index contributed by atoms with van der Waals surface area (Å²) in [4.78, 5) is 44.1. The lowest BCUT2D eigenvalue weighted by Gasteiger charge is -2.49. The normalized spacial score (nSPS) is 24.0. The van der Waals surface area contributed by atoms with Crippen LogP contribution in [0.2, 0.25) is 0 Å². The number of hydrogen-bond donors (Lipinski definition) is 0. The van der Waals surface area contributed by atoms with Gasteiger partial charge in [-0.15, -0.1) is 0 Å². The van der Waals surface area contributed by atoms with Crippen molar-refractivity contribution in [3.05, 3.63) is 65.2 Å². The van der Waals surface area contributed by atoms with E-state index in [0.717, 1.165) is 11.1 Å². The van der Waals surface area contributed by atoms with Crippen LogP contribution in [0, 0.1) is 0 Å². The molecule has 3 aliphatic heterocycles. The molecule has 6 rings (SSSR count). The number of anilines is 1. The predicted molar refractivity (Wildman–Crippen MR) is 148 cm³/mol. The van der Waals surface area contributed by atoms with Crippen molar-refractivity contribution >= 4 is 23.7 Å². The highest BCUT2D eigenvalue weighted by molar-refractivity contribution is 6.05. The maximum Gasteiger partial charge on any atom is 0.416 e. The van der Waals surface area contributed by atoms with Gasteiger partial charge in [-0.25, -0.2) is 9.59 Å². The molecule has 0 spiro atoms. The molecule has 0 radical (unpaired) electrons. The van der Waals surface area contributed by atoms with Crippen LogP contribution in [0.25, 0.3) is 0 Å². The molecule has 1 unspecified atom stereocenters. The molecule has 1 fully saturated rings. The Balaban J connectivity index is 1.43. The lowest BCUT2D eigenvalue weighted by atomic mass is 9.65. The first-order chi connectivity index (χ1) is 19.6. The van der Waals surface area contributed by atoms with E-state index in [1.165, 1.54) is 16.9 Å². The lowest BCUT2D eigenvalue weighted by molar-refractivity contribution is -0.119. The van der Waals surface area contributed by atoms with Crippen molar-refractivity contribution in [2.45, 2.75) is 63.3 Å². The Morgan fingerprint density at radius 2 is 1.78 bits per heavy atom. The molecule has 2 atom stereocenters. The van der Waals surface area contributed by atoms with E-state index in [-0.39, 0.29) is 25.5 Å². The van der Waals surface area contributed by atoms with Gasteiger partial charge >= 0.3 is 12.2 Å². The van der Waals surface area contributed by atoms with E-state index in [1.807, 2.05) is 42.5 Å². The molecule has 3 heterocycles. The Bertz CT molecular complexity index is 1430. The van der Waals surface area contributed by atoms with Gasteiger partial charge in [0.1, 0.15) is 11.3 Å². The zero-order chi connectivity index (χ0) is 29.0. The molecule has 2 aromatic rings. The average Bonchev–Trinajstić information content (AvgIpc) is 3.58. The zero-order valence-electron chi connectivity index (χ0n) is 23.7. The molecule has 1 aliphatic carbocycles. The summed E-state index contributed by atoms with van der Waals surface area (Å²) in [5.41, 5.74) is -0.141. The fourth-order valence-electron chi connectivity index (χ4n) is 6.63. The van der Waals surface area contributed by atoms with Gasteiger partial charge in [0.05, 0.1) is 37.8 Å². The number of methoxy groups -OCH3 is 1. The van der Waals surface area contributed by atoms with Crippen molar-refractivity contribution in [1.29, 1.82) is 0 Å². The van der Waals surface area contributed by atoms with E-state index >= 15 is 0 Å². The van der Waals surface area contributed by atoms with Crippen molar-refractivity contribution in [3.63, 3.8) is 0 Å². The number of Topliss-reactive ketones (excluding diaryl/α,β-unsaturated/α-hetero) is 1. The van der Waals surface area contributed by atoms with Crippen LogP contribution in [0.4, 0.5) is 15.3 Å². The summed E-state index contributed by atoms with van der Waals surface area (Å²) in [6.45, 7) is 6.48. The van der Waals surface area contributed by atoms with Crippen molar-refractivity contribution in [2.24, 2.45) is 0 Å². The van der Waals surface area contributed by atoms with Crippen molar-refractivity contribution < 1.29 is 38.1 Å². The molecule has 0 saturated carbocycles. The third-order valence-electron chi connectivity index (χ3n) is 8.26. The summed E-state index contributed by atoms with van der Waals surface area (Å²) in [6.07, 6.45) is 1.41. The van der Waals surface area contributed by atoms with Crippen LogP contribution in [0.3, 0.4) is 0 Å². The number of rotatable bonds is 5. The quantitative estimate of drug-likeness (QED) is 0.465. The number of amides is 2. The third kappa shape index (κ3) is 4.23. The van der Waals surface area contributed by atoms with Crippen LogP contribution in [0.1, 0.15) is 51.2 Å². The van der Waals surface area contributed by atoms with Crippen molar-refractivity contribution in [1.82, 2.24) is 4.90 Å². The standard InChI is InChI=1S/C31H34N2O8/c1-29(2,3)41-27(35)32-12-11-30-16-21(10-13-38-18-20-8-6-5-7-9-20)24(34)17-31(30,32)33(28(36)37-4)23-15-26-25(14-22(23)30)39-19-40-26/h5-9,14-16H,10-13,17-19H2,1-4H3/t30-,31?/m1/s1.